The second-order valence-corrected chi connectivity index (χ2v) is 2.02. The SMILES string of the molecule is N=C(OC(N)=O)O/C(N)=N\C(N)=S. The molecule has 0 saturated carbocycles. The zero-order valence-corrected chi connectivity index (χ0v) is 7.13. The van der Waals surface area contributed by atoms with Crippen molar-refractivity contribution in [3.63, 3.8) is 0 Å². The second kappa shape index (κ2) is 4.87. The van der Waals surface area contributed by atoms with E-state index in [0.717, 1.165) is 0 Å². The van der Waals surface area contributed by atoms with Crippen LogP contribution >= 0.6 is 12.2 Å². The third kappa shape index (κ3) is 6.50. The minimum Gasteiger partial charge on any atom is -0.377 e. The van der Waals surface area contributed by atoms with Gasteiger partial charge in [-0.1, -0.05) is 0 Å². The van der Waals surface area contributed by atoms with Gasteiger partial charge in [0.1, 0.15) is 0 Å². The van der Waals surface area contributed by atoms with Gasteiger partial charge in [-0.05, 0) is 12.2 Å². The Morgan fingerprint density at radius 1 is 1.31 bits per heavy atom. The largest absolute Gasteiger partial charge is 0.413 e. The van der Waals surface area contributed by atoms with Crippen molar-refractivity contribution in [2.24, 2.45) is 22.2 Å². The molecule has 0 atom stereocenters. The van der Waals surface area contributed by atoms with E-state index in [0.29, 0.717) is 0 Å². The molecule has 13 heavy (non-hydrogen) atoms. The molecule has 0 aliphatic carbocycles. The fourth-order valence-electron chi connectivity index (χ4n) is 0.339. The molecule has 0 aliphatic heterocycles. The van der Waals surface area contributed by atoms with E-state index in [-0.39, 0.29) is 5.11 Å². The molecule has 0 unspecified atom stereocenters. The monoisotopic (exact) mass is 205 g/mol. The van der Waals surface area contributed by atoms with Gasteiger partial charge in [0.25, 0.3) is 6.02 Å². The number of ether oxygens (including phenoxy) is 2. The standard InChI is InChI=1S/C4H7N5O3S/c5-1(9-2(6)13)11-4(8)12-3(7)10/h8H,(H2,7,10)(H4,5,6,9,13). The number of hydrogen-bond acceptors (Lipinski definition) is 5. The summed E-state index contributed by atoms with van der Waals surface area (Å²) in [6.07, 6.45) is -2.11. The third-order valence-corrected chi connectivity index (χ3v) is 0.702. The Kier molecular flexibility index (Phi) is 4.16. The van der Waals surface area contributed by atoms with E-state index >= 15 is 0 Å². The first-order valence-electron chi connectivity index (χ1n) is 2.79. The van der Waals surface area contributed by atoms with Crippen molar-refractivity contribution in [2.75, 3.05) is 0 Å². The molecule has 0 aromatic rings. The fraction of sp³-hybridized carbons (Fsp3) is 0. The number of nitrogens with one attached hydrogen (secondary N) is 1. The Hall–Kier alpha value is -1.90. The molecule has 0 rings (SSSR count). The van der Waals surface area contributed by atoms with Crippen LogP contribution in [0.15, 0.2) is 4.99 Å². The van der Waals surface area contributed by atoms with Gasteiger partial charge in [-0.3, -0.25) is 0 Å². The fourth-order valence-corrected chi connectivity index (χ4v) is 0.429. The highest BCUT2D eigenvalue weighted by atomic mass is 32.1. The van der Waals surface area contributed by atoms with Crippen LogP contribution < -0.4 is 17.2 Å². The minimum atomic E-state index is -1.20. The van der Waals surface area contributed by atoms with E-state index in [1.54, 1.807) is 0 Å². The molecule has 0 heterocycles. The lowest BCUT2D eigenvalue weighted by molar-refractivity contribution is 0.193. The van der Waals surface area contributed by atoms with E-state index in [1.165, 1.54) is 0 Å². The quantitative estimate of drug-likeness (QED) is 0.217. The van der Waals surface area contributed by atoms with Crippen molar-refractivity contribution in [2.45, 2.75) is 0 Å². The first-order valence-corrected chi connectivity index (χ1v) is 3.20. The van der Waals surface area contributed by atoms with Crippen LogP contribution in [-0.2, 0) is 9.47 Å². The summed E-state index contributed by atoms with van der Waals surface area (Å²) < 4.78 is 8.25. The Labute approximate surface area is 78.2 Å². The summed E-state index contributed by atoms with van der Waals surface area (Å²) in [5.41, 5.74) is 14.5. The highest BCUT2D eigenvalue weighted by Gasteiger charge is 2.05. The Morgan fingerprint density at radius 3 is 2.23 bits per heavy atom. The van der Waals surface area contributed by atoms with Crippen molar-refractivity contribution in [1.29, 1.82) is 5.41 Å². The zero-order valence-electron chi connectivity index (χ0n) is 6.31. The highest BCUT2D eigenvalue weighted by molar-refractivity contribution is 7.80. The van der Waals surface area contributed by atoms with Crippen molar-refractivity contribution in [3.8, 4) is 0 Å². The number of amidine groups is 1. The van der Waals surface area contributed by atoms with E-state index in [1.807, 2.05) is 0 Å². The van der Waals surface area contributed by atoms with Gasteiger partial charge in [0.15, 0.2) is 5.11 Å². The topological polar surface area (TPSA) is 150 Å². The third-order valence-electron chi connectivity index (χ3n) is 0.611. The Balaban J connectivity index is 4.06. The van der Waals surface area contributed by atoms with Crippen LogP contribution in [0.1, 0.15) is 0 Å². The summed E-state index contributed by atoms with van der Waals surface area (Å²) >= 11 is 4.34. The van der Waals surface area contributed by atoms with Crippen LogP contribution in [0, 0.1) is 5.41 Å². The summed E-state index contributed by atoms with van der Waals surface area (Å²) in [6.45, 7) is 0. The molecule has 8 nitrogen and oxygen atoms in total. The van der Waals surface area contributed by atoms with Crippen molar-refractivity contribution < 1.29 is 14.3 Å². The van der Waals surface area contributed by atoms with Crippen LogP contribution in [0.2, 0.25) is 0 Å². The number of rotatable bonds is 0. The summed E-state index contributed by atoms with van der Waals surface area (Å²) in [5.74, 6) is 0. The van der Waals surface area contributed by atoms with Gasteiger partial charge in [-0.2, -0.15) is 4.99 Å². The molecule has 7 N–H and O–H groups in total. The molecule has 0 spiro atoms. The smallest absolute Gasteiger partial charge is 0.377 e. The number of nitrogens with two attached hydrogens (primary N) is 3. The van der Waals surface area contributed by atoms with Crippen LogP contribution in [0.5, 0.6) is 0 Å². The van der Waals surface area contributed by atoms with E-state index in [2.05, 4.69) is 32.4 Å². The minimum absolute atomic E-state index is 0.274. The molecule has 0 aromatic carbocycles. The van der Waals surface area contributed by atoms with Crippen molar-refractivity contribution in [3.05, 3.63) is 0 Å². The van der Waals surface area contributed by atoms with Crippen LogP contribution in [-0.4, -0.2) is 23.3 Å². The average Bonchev–Trinajstić information content (AvgIpc) is 1.80. The number of nitrogens with zero attached hydrogens (tertiary/aromatic N) is 1. The van der Waals surface area contributed by atoms with E-state index in [4.69, 9.17) is 16.9 Å². The predicted molar refractivity (Wildman–Crippen MR) is 47.9 cm³/mol. The normalized spacial score (nSPS) is 10.3. The maximum absolute atomic E-state index is 10.1. The van der Waals surface area contributed by atoms with Gasteiger partial charge in [0.05, 0.1) is 0 Å². The lowest BCUT2D eigenvalue weighted by atomic mass is 11.0. The maximum Gasteiger partial charge on any atom is 0.413 e. The van der Waals surface area contributed by atoms with Crippen LogP contribution in [0.4, 0.5) is 4.79 Å². The molecular weight excluding hydrogens is 198 g/mol. The average molecular weight is 205 g/mol. The van der Waals surface area contributed by atoms with Crippen molar-refractivity contribution >= 4 is 35.5 Å². The number of carbonyl (C=O) groups excluding carboxylic acids is 1. The number of aliphatic imine (C=N–C) groups is 1. The summed E-state index contributed by atoms with van der Waals surface area (Å²) in [6, 6.07) is -0.515. The molecule has 9 heteroatoms. The molecular formula is C4H7N5O3S. The molecule has 0 fully saturated rings. The lowest BCUT2D eigenvalue weighted by Gasteiger charge is -2.02. The van der Waals surface area contributed by atoms with Crippen LogP contribution in [0.25, 0.3) is 0 Å². The van der Waals surface area contributed by atoms with Gasteiger partial charge in [0.2, 0.25) is 0 Å². The number of amides is 1. The highest BCUT2D eigenvalue weighted by Crippen LogP contribution is 1.83. The van der Waals surface area contributed by atoms with E-state index in [9.17, 15) is 4.79 Å². The molecule has 0 aliphatic rings. The first-order chi connectivity index (χ1) is 5.91. The Bertz CT molecular complexity index is 275. The maximum atomic E-state index is 10.1. The number of primary amides is 1. The number of carbonyl (C=O) groups is 1. The van der Waals surface area contributed by atoms with Crippen molar-refractivity contribution in [1.82, 2.24) is 0 Å². The molecule has 0 radical (unpaired) electrons. The summed E-state index contributed by atoms with van der Waals surface area (Å²) in [5, 5.41) is 6.53. The Morgan fingerprint density at radius 2 is 1.85 bits per heavy atom. The zero-order chi connectivity index (χ0) is 10.4. The van der Waals surface area contributed by atoms with Gasteiger partial charge in [-0.25, -0.2) is 10.2 Å². The van der Waals surface area contributed by atoms with Crippen LogP contribution in [0.3, 0.4) is 0 Å². The molecule has 72 valence electrons. The predicted octanol–water partition coefficient (Wildman–Crippen LogP) is -1.41. The summed E-state index contributed by atoms with van der Waals surface area (Å²) in [7, 11) is 0. The first kappa shape index (κ1) is 11.1. The number of hydrogen-bond donors (Lipinski definition) is 4. The van der Waals surface area contributed by atoms with Gasteiger partial charge < -0.3 is 26.7 Å². The molecule has 1 amide bonds. The molecule has 0 bridgehead atoms. The second-order valence-electron chi connectivity index (χ2n) is 1.60. The number of thiocarbonyl (C=S) groups is 1. The lowest BCUT2D eigenvalue weighted by Crippen LogP contribution is -2.27. The van der Waals surface area contributed by atoms with Gasteiger partial charge in [-0.15, -0.1) is 0 Å². The molecule has 0 aromatic heterocycles. The van der Waals surface area contributed by atoms with Gasteiger partial charge in [0, 0.05) is 0 Å². The van der Waals surface area contributed by atoms with E-state index < -0.39 is 18.2 Å². The van der Waals surface area contributed by atoms with Gasteiger partial charge >= 0.3 is 12.2 Å². The molecule has 0 saturated heterocycles. The summed E-state index contributed by atoms with van der Waals surface area (Å²) in [4.78, 5) is 13.3.